The van der Waals surface area contributed by atoms with Crippen LogP contribution in [0.15, 0.2) is 65.7 Å². The van der Waals surface area contributed by atoms with Gasteiger partial charge >= 0.3 is 0 Å². The minimum atomic E-state index is -4.19. The molecule has 0 aliphatic carbocycles. The molecule has 2 aromatic carbocycles. The summed E-state index contributed by atoms with van der Waals surface area (Å²) in [7, 11) is -4.19. The average Bonchev–Trinajstić information content (AvgIpc) is 2.83. The number of aromatic nitrogens is 1. The molecule has 1 aromatic heterocycles. The molecule has 3 aromatic rings. The SMILES string of the molecule is CS(=O)(O)(c1ccccc1)n1ccc2ccc(Cl)cc21. The van der Waals surface area contributed by atoms with Gasteiger partial charge in [0.25, 0.3) is 0 Å². The summed E-state index contributed by atoms with van der Waals surface area (Å²) in [5.41, 5.74) is 0.642. The maximum Gasteiger partial charge on any atom is 0.0738 e. The minimum absolute atomic E-state index is 0.377. The fraction of sp³-hybridized carbons (Fsp3) is 0.0667. The van der Waals surface area contributed by atoms with E-state index in [4.69, 9.17) is 11.6 Å². The summed E-state index contributed by atoms with van der Waals surface area (Å²) in [4.78, 5) is 0.377. The van der Waals surface area contributed by atoms with Gasteiger partial charge in [-0.1, -0.05) is 45.4 Å². The van der Waals surface area contributed by atoms with E-state index < -0.39 is 9.53 Å². The van der Waals surface area contributed by atoms with Crippen molar-refractivity contribution in [2.75, 3.05) is 6.26 Å². The van der Waals surface area contributed by atoms with E-state index in [0.29, 0.717) is 15.4 Å². The molecule has 3 nitrogen and oxygen atoms in total. The molecule has 0 saturated heterocycles. The van der Waals surface area contributed by atoms with E-state index in [0.717, 1.165) is 5.39 Å². The molecule has 0 aliphatic rings. The Morgan fingerprint density at radius 2 is 1.80 bits per heavy atom. The first-order chi connectivity index (χ1) is 9.37. The number of rotatable bonds is 2. The molecular weight excluding hydrogens is 294 g/mol. The zero-order valence-corrected chi connectivity index (χ0v) is 12.4. The zero-order chi connectivity index (χ0) is 14.4. The first kappa shape index (κ1) is 13.4. The fourth-order valence-electron chi connectivity index (χ4n) is 2.30. The predicted molar refractivity (Wildman–Crippen MR) is 83.7 cm³/mol. The number of nitrogens with zero attached hydrogens (tertiary/aromatic N) is 1. The fourth-order valence-corrected chi connectivity index (χ4v) is 4.45. The van der Waals surface area contributed by atoms with Crippen LogP contribution in [0.25, 0.3) is 10.9 Å². The van der Waals surface area contributed by atoms with Crippen LogP contribution in [0.1, 0.15) is 0 Å². The molecule has 1 heterocycles. The normalized spacial score (nSPS) is 14.1. The third-order valence-corrected chi connectivity index (χ3v) is 6.21. The van der Waals surface area contributed by atoms with E-state index in [1.807, 2.05) is 18.2 Å². The van der Waals surface area contributed by atoms with Crippen LogP contribution in [0.2, 0.25) is 5.02 Å². The Morgan fingerprint density at radius 3 is 2.50 bits per heavy atom. The van der Waals surface area contributed by atoms with Gasteiger partial charge in [0, 0.05) is 22.9 Å². The highest BCUT2D eigenvalue weighted by Crippen LogP contribution is 2.35. The second-order valence-electron chi connectivity index (χ2n) is 4.89. The number of benzene rings is 2. The maximum absolute atomic E-state index is 13.3. The van der Waals surface area contributed by atoms with Crippen molar-refractivity contribution >= 4 is 32.0 Å². The first-order valence-corrected chi connectivity index (χ1v) is 8.75. The topological polar surface area (TPSA) is 42.2 Å². The summed E-state index contributed by atoms with van der Waals surface area (Å²) in [6.07, 6.45) is 2.98. The number of hydrogen-bond acceptors (Lipinski definition) is 1. The Kier molecular flexibility index (Phi) is 2.80. The third-order valence-electron chi connectivity index (χ3n) is 3.37. The number of hydrogen-bond donors (Lipinski definition) is 1. The molecule has 0 fully saturated rings. The van der Waals surface area contributed by atoms with Gasteiger partial charge in [-0.3, -0.25) is 4.55 Å². The minimum Gasteiger partial charge on any atom is -0.282 e. The van der Waals surface area contributed by atoms with Crippen molar-refractivity contribution in [3.05, 3.63) is 65.8 Å². The standard InChI is InChI=1S/C15H14ClNO2S/c1-20(18,19,14-5-3-2-4-6-14)17-10-9-12-7-8-13(16)11-15(12)17/h2-11H,1H3,(H,18,19). The van der Waals surface area contributed by atoms with Crippen molar-refractivity contribution in [1.82, 2.24) is 3.97 Å². The average molecular weight is 308 g/mol. The van der Waals surface area contributed by atoms with Crippen LogP contribution in [0.3, 0.4) is 0 Å². The second-order valence-corrected chi connectivity index (χ2v) is 8.66. The lowest BCUT2D eigenvalue weighted by molar-refractivity contribution is 0.509. The molecule has 1 N–H and O–H groups in total. The Hall–Kier alpha value is -1.62. The highest BCUT2D eigenvalue weighted by Gasteiger charge is 2.27. The lowest BCUT2D eigenvalue weighted by Crippen LogP contribution is -2.38. The molecule has 0 unspecified atom stereocenters. The molecule has 104 valence electrons. The lowest BCUT2D eigenvalue weighted by Gasteiger charge is -2.41. The van der Waals surface area contributed by atoms with Crippen LogP contribution >= 0.6 is 11.6 Å². The Balaban J connectivity index is 2.34. The van der Waals surface area contributed by atoms with E-state index in [1.165, 1.54) is 10.2 Å². The highest BCUT2D eigenvalue weighted by molar-refractivity contribution is 8.13. The van der Waals surface area contributed by atoms with Crippen molar-refractivity contribution in [3.8, 4) is 0 Å². The van der Waals surface area contributed by atoms with Gasteiger partial charge in [-0.15, -0.1) is 0 Å². The van der Waals surface area contributed by atoms with Crippen LogP contribution in [0.5, 0.6) is 0 Å². The number of halogens is 1. The van der Waals surface area contributed by atoms with Crippen molar-refractivity contribution < 1.29 is 8.76 Å². The van der Waals surface area contributed by atoms with E-state index >= 15 is 0 Å². The van der Waals surface area contributed by atoms with Crippen LogP contribution in [0, 0.1) is 0 Å². The van der Waals surface area contributed by atoms with Crippen molar-refractivity contribution in [2.45, 2.75) is 4.90 Å². The summed E-state index contributed by atoms with van der Waals surface area (Å²) < 4.78 is 25.5. The monoisotopic (exact) mass is 307 g/mol. The Labute approximate surface area is 122 Å². The lowest BCUT2D eigenvalue weighted by atomic mass is 10.2. The van der Waals surface area contributed by atoms with E-state index in [1.54, 1.807) is 42.6 Å². The summed E-state index contributed by atoms with van der Waals surface area (Å²) in [6.45, 7) is 0. The van der Waals surface area contributed by atoms with Gasteiger partial charge in [0.05, 0.1) is 10.4 Å². The quantitative estimate of drug-likeness (QED) is 0.776. The smallest absolute Gasteiger partial charge is 0.0738 e. The van der Waals surface area contributed by atoms with Crippen molar-refractivity contribution in [3.63, 3.8) is 0 Å². The van der Waals surface area contributed by atoms with Gasteiger partial charge in [-0.05, 0) is 30.3 Å². The van der Waals surface area contributed by atoms with Crippen molar-refractivity contribution in [1.29, 1.82) is 0 Å². The number of fused-ring (bicyclic) bond motifs is 1. The summed E-state index contributed by atoms with van der Waals surface area (Å²) in [5, 5.41) is 1.41. The van der Waals surface area contributed by atoms with Crippen molar-refractivity contribution in [2.24, 2.45) is 0 Å². The highest BCUT2D eigenvalue weighted by atomic mass is 35.5. The second kappa shape index (κ2) is 4.19. The van der Waals surface area contributed by atoms with E-state index in [2.05, 4.69) is 0 Å². The van der Waals surface area contributed by atoms with Gasteiger partial charge in [0.2, 0.25) is 0 Å². The molecule has 20 heavy (non-hydrogen) atoms. The van der Waals surface area contributed by atoms with E-state index in [9.17, 15) is 8.76 Å². The van der Waals surface area contributed by atoms with Gasteiger partial charge in [0.1, 0.15) is 0 Å². The molecule has 0 spiro atoms. The Morgan fingerprint density at radius 1 is 1.10 bits per heavy atom. The third kappa shape index (κ3) is 1.97. The van der Waals surface area contributed by atoms with Crippen LogP contribution in [-0.4, -0.2) is 19.0 Å². The zero-order valence-electron chi connectivity index (χ0n) is 10.9. The van der Waals surface area contributed by atoms with Crippen LogP contribution < -0.4 is 0 Å². The molecule has 0 aliphatic heterocycles. The molecule has 0 radical (unpaired) electrons. The maximum atomic E-state index is 13.3. The molecular formula is C15H14ClNO2S. The largest absolute Gasteiger partial charge is 0.282 e. The van der Waals surface area contributed by atoms with Gasteiger partial charge in [0.15, 0.2) is 0 Å². The summed E-state index contributed by atoms with van der Waals surface area (Å²) >= 11 is 6.00. The van der Waals surface area contributed by atoms with E-state index in [-0.39, 0.29) is 0 Å². The molecule has 3 rings (SSSR count). The first-order valence-electron chi connectivity index (χ1n) is 6.09. The van der Waals surface area contributed by atoms with Crippen LogP contribution in [0.4, 0.5) is 0 Å². The predicted octanol–water partition coefficient (Wildman–Crippen LogP) is 4.04. The van der Waals surface area contributed by atoms with Gasteiger partial charge < -0.3 is 0 Å². The Bertz CT molecular complexity index is 849. The summed E-state index contributed by atoms with van der Waals surface area (Å²) in [5.74, 6) is 0. The molecule has 0 saturated carbocycles. The van der Waals surface area contributed by atoms with Gasteiger partial charge in [-0.25, -0.2) is 3.97 Å². The van der Waals surface area contributed by atoms with Gasteiger partial charge in [-0.2, -0.15) is 4.21 Å². The molecule has 5 heteroatoms. The molecule has 0 atom stereocenters. The molecule has 0 amide bonds. The van der Waals surface area contributed by atoms with Crippen LogP contribution in [-0.2, 0) is 9.53 Å². The summed E-state index contributed by atoms with van der Waals surface area (Å²) in [6, 6.07) is 15.7. The molecule has 0 bridgehead atoms.